The van der Waals surface area contributed by atoms with E-state index in [1.54, 1.807) is 28.9 Å². The summed E-state index contributed by atoms with van der Waals surface area (Å²) < 4.78 is 1.63. The lowest BCUT2D eigenvalue weighted by Crippen LogP contribution is -2.46. The lowest BCUT2D eigenvalue weighted by Gasteiger charge is -2.32. The number of pyridine rings is 1. The fourth-order valence-corrected chi connectivity index (χ4v) is 3.26. The molecule has 2 aromatic heterocycles. The number of hydrogen-bond donors (Lipinski definition) is 1. The van der Waals surface area contributed by atoms with E-state index in [0.29, 0.717) is 36.1 Å². The summed E-state index contributed by atoms with van der Waals surface area (Å²) in [7, 11) is 0. The predicted molar refractivity (Wildman–Crippen MR) is 96.7 cm³/mol. The smallest absolute Gasteiger partial charge is 0.272 e. The lowest BCUT2D eigenvalue weighted by molar-refractivity contribution is -0.133. The van der Waals surface area contributed by atoms with Crippen molar-refractivity contribution in [2.45, 2.75) is 39.2 Å². The molecule has 1 aliphatic rings. The molecule has 0 aliphatic carbocycles. The molecule has 2 aromatic rings. The molecule has 1 N–H and O–H groups in total. The van der Waals surface area contributed by atoms with Crippen LogP contribution in [0.3, 0.4) is 0 Å². The highest BCUT2D eigenvalue weighted by atomic mass is 35.5. The maximum Gasteiger partial charge on any atom is 0.272 e. The molecule has 134 valence electrons. The third-order valence-electron chi connectivity index (χ3n) is 4.42. The van der Waals surface area contributed by atoms with Gasteiger partial charge in [-0.1, -0.05) is 25.4 Å². The van der Waals surface area contributed by atoms with Crippen molar-refractivity contribution in [1.29, 1.82) is 0 Å². The second-order valence-electron chi connectivity index (χ2n) is 6.97. The normalized spacial score (nSPS) is 15.8. The highest BCUT2D eigenvalue weighted by Crippen LogP contribution is 2.16. The van der Waals surface area contributed by atoms with Crippen molar-refractivity contribution in [2.24, 2.45) is 5.92 Å². The second kappa shape index (κ2) is 7.44. The molecule has 0 aromatic carbocycles. The first-order chi connectivity index (χ1) is 11.9. The number of amides is 2. The first-order valence-corrected chi connectivity index (χ1v) is 9.04. The van der Waals surface area contributed by atoms with E-state index in [4.69, 9.17) is 11.6 Å². The fraction of sp³-hybridized carbons (Fsp3) is 0.500. The number of halogens is 1. The molecule has 0 radical (unpaired) electrons. The summed E-state index contributed by atoms with van der Waals surface area (Å²) >= 11 is 5.96. The summed E-state index contributed by atoms with van der Waals surface area (Å²) in [4.78, 5) is 26.4. The molecule has 25 heavy (non-hydrogen) atoms. The Morgan fingerprint density at radius 3 is 2.72 bits per heavy atom. The molecule has 0 atom stereocenters. The summed E-state index contributed by atoms with van der Waals surface area (Å²) in [5, 5.41) is 7.91. The summed E-state index contributed by atoms with van der Waals surface area (Å²) in [6.45, 7) is 5.48. The Bertz CT molecular complexity index is 778. The van der Waals surface area contributed by atoms with Crippen molar-refractivity contribution in [3.05, 3.63) is 35.1 Å². The summed E-state index contributed by atoms with van der Waals surface area (Å²) in [5.41, 5.74) is 1.16. The van der Waals surface area contributed by atoms with E-state index < -0.39 is 0 Å². The molecule has 1 saturated heterocycles. The van der Waals surface area contributed by atoms with Gasteiger partial charge in [0.2, 0.25) is 5.91 Å². The quantitative estimate of drug-likeness (QED) is 0.909. The average molecular weight is 363 g/mol. The zero-order chi connectivity index (χ0) is 18.0. The molecule has 2 amide bonds. The van der Waals surface area contributed by atoms with Gasteiger partial charge in [0.15, 0.2) is 5.69 Å². The Kier molecular flexibility index (Phi) is 5.27. The Morgan fingerprint density at radius 2 is 2.04 bits per heavy atom. The zero-order valence-corrected chi connectivity index (χ0v) is 15.3. The first kappa shape index (κ1) is 17.7. The van der Waals surface area contributed by atoms with Crippen LogP contribution in [0, 0.1) is 5.92 Å². The SMILES string of the molecule is CC(C)CC(=O)N1CCC(NC(=O)c2cc3cc(Cl)ccn3n2)CC1. The van der Waals surface area contributed by atoms with Gasteiger partial charge in [-0.25, -0.2) is 4.52 Å². The van der Waals surface area contributed by atoms with E-state index in [-0.39, 0.29) is 17.9 Å². The van der Waals surface area contributed by atoms with E-state index in [9.17, 15) is 9.59 Å². The number of rotatable bonds is 4. The van der Waals surface area contributed by atoms with Crippen LogP contribution >= 0.6 is 11.6 Å². The van der Waals surface area contributed by atoms with Gasteiger partial charge in [-0.2, -0.15) is 5.10 Å². The van der Waals surface area contributed by atoms with Gasteiger partial charge in [0.1, 0.15) is 0 Å². The van der Waals surface area contributed by atoms with Crippen molar-refractivity contribution in [2.75, 3.05) is 13.1 Å². The minimum atomic E-state index is -0.188. The monoisotopic (exact) mass is 362 g/mol. The van der Waals surface area contributed by atoms with Crippen LogP contribution in [0.5, 0.6) is 0 Å². The van der Waals surface area contributed by atoms with E-state index in [1.165, 1.54) is 0 Å². The van der Waals surface area contributed by atoms with E-state index in [0.717, 1.165) is 18.4 Å². The Morgan fingerprint density at radius 1 is 1.32 bits per heavy atom. The number of aromatic nitrogens is 2. The number of hydrogen-bond acceptors (Lipinski definition) is 3. The Balaban J connectivity index is 1.56. The highest BCUT2D eigenvalue weighted by Gasteiger charge is 2.25. The minimum Gasteiger partial charge on any atom is -0.348 e. The molecule has 3 heterocycles. The second-order valence-corrected chi connectivity index (χ2v) is 7.41. The molecule has 1 fully saturated rings. The van der Waals surface area contributed by atoms with E-state index in [1.807, 2.05) is 18.7 Å². The van der Waals surface area contributed by atoms with Crippen LogP contribution in [0.15, 0.2) is 24.4 Å². The van der Waals surface area contributed by atoms with Crippen molar-refractivity contribution in [1.82, 2.24) is 19.8 Å². The predicted octanol–water partition coefficient (Wildman–Crippen LogP) is 2.75. The van der Waals surface area contributed by atoms with Gasteiger partial charge >= 0.3 is 0 Å². The topological polar surface area (TPSA) is 66.7 Å². The standard InChI is InChI=1S/C18H23ClN4O2/c1-12(2)9-17(24)22-6-4-14(5-7-22)20-18(25)16-11-15-10-13(19)3-8-23(15)21-16/h3,8,10-12,14H,4-7,9H2,1-2H3,(H,20,25). The molecular weight excluding hydrogens is 340 g/mol. The third kappa shape index (κ3) is 4.31. The number of likely N-dealkylation sites (tertiary alicyclic amines) is 1. The van der Waals surface area contributed by atoms with Crippen LogP contribution in [0.1, 0.15) is 43.6 Å². The van der Waals surface area contributed by atoms with Crippen molar-refractivity contribution < 1.29 is 9.59 Å². The molecule has 6 nitrogen and oxygen atoms in total. The van der Waals surface area contributed by atoms with Crippen LogP contribution in [0.2, 0.25) is 5.02 Å². The van der Waals surface area contributed by atoms with Crippen LogP contribution in [-0.2, 0) is 4.79 Å². The third-order valence-corrected chi connectivity index (χ3v) is 4.66. The van der Waals surface area contributed by atoms with Crippen molar-refractivity contribution in [3.8, 4) is 0 Å². The Labute approximate surface area is 152 Å². The van der Waals surface area contributed by atoms with Crippen LogP contribution < -0.4 is 5.32 Å². The summed E-state index contributed by atoms with van der Waals surface area (Å²) in [6, 6.07) is 5.30. The number of carbonyl (C=O) groups excluding carboxylic acids is 2. The molecule has 0 unspecified atom stereocenters. The van der Waals surface area contributed by atoms with Gasteiger partial charge < -0.3 is 10.2 Å². The molecule has 0 bridgehead atoms. The number of nitrogens with one attached hydrogen (secondary N) is 1. The fourth-order valence-electron chi connectivity index (χ4n) is 3.09. The molecule has 0 spiro atoms. The molecule has 7 heteroatoms. The maximum atomic E-state index is 12.4. The number of nitrogens with zero attached hydrogens (tertiary/aromatic N) is 3. The van der Waals surface area contributed by atoms with Crippen LogP contribution in [0.4, 0.5) is 0 Å². The maximum absolute atomic E-state index is 12.4. The molecular formula is C18H23ClN4O2. The van der Waals surface area contributed by atoms with Crippen LogP contribution in [-0.4, -0.2) is 45.5 Å². The van der Waals surface area contributed by atoms with Gasteiger partial charge in [-0.05, 0) is 37.0 Å². The average Bonchev–Trinajstić information content (AvgIpc) is 2.98. The van der Waals surface area contributed by atoms with Gasteiger partial charge in [0.25, 0.3) is 5.91 Å². The van der Waals surface area contributed by atoms with Gasteiger partial charge in [-0.15, -0.1) is 0 Å². The van der Waals surface area contributed by atoms with Gasteiger partial charge in [-0.3, -0.25) is 9.59 Å². The minimum absolute atomic E-state index is 0.0731. The van der Waals surface area contributed by atoms with E-state index >= 15 is 0 Å². The highest BCUT2D eigenvalue weighted by molar-refractivity contribution is 6.30. The van der Waals surface area contributed by atoms with E-state index in [2.05, 4.69) is 10.4 Å². The van der Waals surface area contributed by atoms with Crippen molar-refractivity contribution in [3.63, 3.8) is 0 Å². The van der Waals surface area contributed by atoms with Crippen LogP contribution in [0.25, 0.3) is 5.52 Å². The zero-order valence-electron chi connectivity index (χ0n) is 14.5. The van der Waals surface area contributed by atoms with Gasteiger partial charge in [0.05, 0.1) is 5.52 Å². The summed E-state index contributed by atoms with van der Waals surface area (Å²) in [6.07, 6.45) is 3.86. The first-order valence-electron chi connectivity index (χ1n) is 8.66. The molecule has 3 rings (SSSR count). The lowest BCUT2D eigenvalue weighted by atomic mass is 10.0. The number of carbonyl (C=O) groups is 2. The number of piperidine rings is 1. The number of fused-ring (bicyclic) bond motifs is 1. The molecule has 1 aliphatic heterocycles. The van der Waals surface area contributed by atoms with Crippen molar-refractivity contribution >= 4 is 28.9 Å². The Hall–Kier alpha value is -2.08. The largest absolute Gasteiger partial charge is 0.348 e. The van der Waals surface area contributed by atoms with Gasteiger partial charge in [0, 0.05) is 36.8 Å². The summed E-state index contributed by atoms with van der Waals surface area (Å²) in [5.74, 6) is 0.386. The molecule has 0 saturated carbocycles.